The third-order valence-corrected chi connectivity index (χ3v) is 1.94. The highest BCUT2D eigenvalue weighted by Crippen LogP contribution is 2.19. The Morgan fingerprint density at radius 1 is 1.54 bits per heavy atom. The number of nitrogens with zero attached hydrogens (tertiary/aromatic N) is 1. The van der Waals surface area contributed by atoms with Crippen molar-refractivity contribution in [3.8, 4) is 0 Å². The lowest BCUT2D eigenvalue weighted by Crippen LogP contribution is -1.84. The lowest BCUT2D eigenvalue weighted by Gasteiger charge is -2.02. The van der Waals surface area contributed by atoms with Crippen molar-refractivity contribution < 1.29 is 0 Å². The van der Waals surface area contributed by atoms with E-state index in [0.717, 1.165) is 12.1 Å². The molecule has 0 aromatic rings. The lowest BCUT2D eigenvalue weighted by atomic mass is 10.1. The summed E-state index contributed by atoms with van der Waals surface area (Å²) in [5.41, 5.74) is 3.53. The van der Waals surface area contributed by atoms with Crippen molar-refractivity contribution >= 4 is 6.21 Å². The zero-order valence-electron chi connectivity index (χ0n) is 8.25. The molecule has 0 saturated heterocycles. The van der Waals surface area contributed by atoms with Gasteiger partial charge in [0.1, 0.15) is 0 Å². The largest absolute Gasteiger partial charge is 0.257 e. The first kappa shape index (κ1) is 9.72. The van der Waals surface area contributed by atoms with Gasteiger partial charge in [0.05, 0.1) is 5.70 Å². The van der Waals surface area contributed by atoms with Crippen LogP contribution in [0.3, 0.4) is 0 Å². The van der Waals surface area contributed by atoms with Crippen molar-refractivity contribution in [2.45, 2.75) is 20.3 Å². The van der Waals surface area contributed by atoms with E-state index in [1.807, 2.05) is 37.4 Å². The average molecular weight is 173 g/mol. The summed E-state index contributed by atoms with van der Waals surface area (Å²) in [5, 5.41) is 0. The first-order chi connectivity index (χ1) is 6.27. The Hall–Kier alpha value is -1.37. The summed E-state index contributed by atoms with van der Waals surface area (Å²) < 4.78 is 0. The average Bonchev–Trinajstić information content (AvgIpc) is 2.29. The van der Waals surface area contributed by atoms with E-state index in [9.17, 15) is 0 Å². The molecule has 0 saturated carbocycles. The van der Waals surface area contributed by atoms with Crippen LogP contribution < -0.4 is 0 Å². The fourth-order valence-electron chi connectivity index (χ4n) is 1.26. The normalized spacial score (nSPS) is 17.5. The molecule has 0 aliphatic carbocycles. The molecule has 1 heteroatoms. The lowest BCUT2D eigenvalue weighted by molar-refractivity contribution is 1.13. The molecule has 0 aromatic carbocycles. The number of rotatable bonds is 2. The maximum absolute atomic E-state index is 4.34. The van der Waals surface area contributed by atoms with E-state index in [1.165, 1.54) is 11.1 Å². The van der Waals surface area contributed by atoms with Gasteiger partial charge in [0.25, 0.3) is 0 Å². The van der Waals surface area contributed by atoms with E-state index >= 15 is 0 Å². The van der Waals surface area contributed by atoms with E-state index in [4.69, 9.17) is 0 Å². The second-order valence-corrected chi connectivity index (χ2v) is 3.08. The van der Waals surface area contributed by atoms with E-state index in [0.29, 0.717) is 0 Å². The molecule has 1 heterocycles. The van der Waals surface area contributed by atoms with Crippen LogP contribution in [0.4, 0.5) is 0 Å². The molecule has 0 aromatic heterocycles. The van der Waals surface area contributed by atoms with Crippen LogP contribution in [0.15, 0.2) is 52.7 Å². The molecule has 1 aliphatic rings. The summed E-state index contributed by atoms with van der Waals surface area (Å²) >= 11 is 0. The molecule has 0 amide bonds. The molecule has 0 atom stereocenters. The van der Waals surface area contributed by atoms with E-state index in [-0.39, 0.29) is 0 Å². The molecule has 0 bridgehead atoms. The first-order valence-corrected chi connectivity index (χ1v) is 4.46. The zero-order valence-corrected chi connectivity index (χ0v) is 8.25. The van der Waals surface area contributed by atoms with E-state index < -0.39 is 0 Å². The van der Waals surface area contributed by atoms with Gasteiger partial charge in [-0.15, -0.1) is 0 Å². The van der Waals surface area contributed by atoms with Crippen LogP contribution in [0.2, 0.25) is 0 Å². The predicted octanol–water partition coefficient (Wildman–Crippen LogP) is 3.42. The second kappa shape index (κ2) is 4.61. The fourth-order valence-corrected chi connectivity index (χ4v) is 1.26. The molecule has 0 unspecified atom stereocenters. The third-order valence-electron chi connectivity index (χ3n) is 1.94. The molecule has 68 valence electrons. The van der Waals surface area contributed by atoms with Crippen molar-refractivity contribution in [3.63, 3.8) is 0 Å². The Bertz CT molecular complexity index is 314. The Morgan fingerprint density at radius 3 is 2.92 bits per heavy atom. The van der Waals surface area contributed by atoms with Crippen LogP contribution in [0.1, 0.15) is 20.3 Å². The number of allylic oxidation sites excluding steroid dienone is 6. The fraction of sp³-hybridized carbons (Fsp3) is 0.250. The summed E-state index contributed by atoms with van der Waals surface area (Å²) in [6.07, 6.45) is 10.7. The van der Waals surface area contributed by atoms with Gasteiger partial charge >= 0.3 is 0 Å². The summed E-state index contributed by atoms with van der Waals surface area (Å²) in [6.45, 7) is 7.90. The Labute approximate surface area is 79.9 Å². The Morgan fingerprint density at radius 2 is 2.31 bits per heavy atom. The maximum atomic E-state index is 4.34. The molecular weight excluding hydrogens is 158 g/mol. The highest BCUT2D eigenvalue weighted by molar-refractivity contribution is 5.75. The standard InChI is InChI=1S/C12H15N/c1-4-6-12-11(5-2)9-10(3)7-8-13-12/h4-8H,2,9H2,1,3H3/b6-4-. The molecule has 13 heavy (non-hydrogen) atoms. The number of hydrogen-bond donors (Lipinski definition) is 0. The van der Waals surface area contributed by atoms with Crippen molar-refractivity contribution in [1.29, 1.82) is 0 Å². The number of hydrogen-bond acceptors (Lipinski definition) is 1. The minimum Gasteiger partial charge on any atom is -0.257 e. The molecule has 0 N–H and O–H groups in total. The smallest absolute Gasteiger partial charge is 0.0661 e. The van der Waals surface area contributed by atoms with Crippen molar-refractivity contribution in [3.05, 3.63) is 47.7 Å². The highest BCUT2D eigenvalue weighted by atomic mass is 14.7. The van der Waals surface area contributed by atoms with Gasteiger partial charge in [0.2, 0.25) is 0 Å². The summed E-state index contributed by atoms with van der Waals surface area (Å²) in [5.74, 6) is 0. The third kappa shape index (κ3) is 2.55. The Balaban J connectivity index is 3.06. The topological polar surface area (TPSA) is 12.4 Å². The summed E-state index contributed by atoms with van der Waals surface area (Å²) in [4.78, 5) is 4.34. The van der Waals surface area contributed by atoms with Gasteiger partial charge in [0.15, 0.2) is 0 Å². The van der Waals surface area contributed by atoms with Crippen molar-refractivity contribution in [2.24, 2.45) is 4.99 Å². The van der Waals surface area contributed by atoms with Gasteiger partial charge in [-0.25, -0.2) is 0 Å². The SMILES string of the molecule is C=CC1=C(/C=C\C)N=CC=C(C)C1. The zero-order chi connectivity index (χ0) is 9.68. The van der Waals surface area contributed by atoms with Crippen LogP contribution in [0, 0.1) is 0 Å². The molecule has 0 fully saturated rings. The van der Waals surface area contributed by atoms with Gasteiger partial charge < -0.3 is 0 Å². The minimum absolute atomic E-state index is 0.948. The van der Waals surface area contributed by atoms with Gasteiger partial charge in [0, 0.05) is 6.21 Å². The van der Waals surface area contributed by atoms with Gasteiger partial charge in [-0.2, -0.15) is 0 Å². The van der Waals surface area contributed by atoms with Gasteiger partial charge in [-0.05, 0) is 38.0 Å². The maximum Gasteiger partial charge on any atom is 0.0661 e. The molecule has 0 radical (unpaired) electrons. The minimum atomic E-state index is 0.948. The molecule has 1 rings (SSSR count). The predicted molar refractivity (Wildman–Crippen MR) is 58.9 cm³/mol. The van der Waals surface area contributed by atoms with E-state index in [2.05, 4.69) is 18.5 Å². The quantitative estimate of drug-likeness (QED) is 0.606. The van der Waals surface area contributed by atoms with Gasteiger partial charge in [-0.3, -0.25) is 4.99 Å². The van der Waals surface area contributed by atoms with Crippen LogP contribution in [-0.2, 0) is 0 Å². The van der Waals surface area contributed by atoms with Gasteiger partial charge in [-0.1, -0.05) is 24.3 Å². The van der Waals surface area contributed by atoms with Crippen LogP contribution in [0.5, 0.6) is 0 Å². The van der Waals surface area contributed by atoms with Crippen molar-refractivity contribution in [1.82, 2.24) is 0 Å². The van der Waals surface area contributed by atoms with Crippen molar-refractivity contribution in [2.75, 3.05) is 0 Å². The summed E-state index contributed by atoms with van der Waals surface area (Å²) in [7, 11) is 0. The molecule has 0 spiro atoms. The van der Waals surface area contributed by atoms with Crippen LogP contribution in [-0.4, -0.2) is 6.21 Å². The summed E-state index contributed by atoms with van der Waals surface area (Å²) in [6, 6.07) is 0. The molecule has 1 nitrogen and oxygen atoms in total. The molecule has 1 aliphatic heterocycles. The second-order valence-electron chi connectivity index (χ2n) is 3.08. The molecular formula is C12H15N. The van der Waals surface area contributed by atoms with E-state index in [1.54, 1.807) is 0 Å². The van der Waals surface area contributed by atoms with Crippen LogP contribution in [0.25, 0.3) is 0 Å². The van der Waals surface area contributed by atoms with Crippen LogP contribution >= 0.6 is 0 Å². The highest BCUT2D eigenvalue weighted by Gasteiger charge is 2.02. The monoisotopic (exact) mass is 173 g/mol. The first-order valence-electron chi connectivity index (χ1n) is 4.46. The Kier molecular flexibility index (Phi) is 3.44. The number of aliphatic imine (C=N–C) groups is 1.